The van der Waals surface area contributed by atoms with Crippen molar-refractivity contribution in [2.45, 2.75) is 66.2 Å². The van der Waals surface area contributed by atoms with Gasteiger partial charge < -0.3 is 0 Å². The van der Waals surface area contributed by atoms with Crippen LogP contribution >= 0.6 is 0 Å². The van der Waals surface area contributed by atoms with E-state index in [0.717, 1.165) is 24.9 Å². The molecule has 0 radical (unpaired) electrons. The van der Waals surface area contributed by atoms with E-state index in [1.807, 2.05) is 0 Å². The molecule has 0 aliphatic carbocycles. The van der Waals surface area contributed by atoms with Crippen LogP contribution in [0.4, 0.5) is 0 Å². The lowest BCUT2D eigenvalue weighted by Gasteiger charge is -2.26. The van der Waals surface area contributed by atoms with Crippen LogP contribution in [-0.4, -0.2) is 18.1 Å². The highest BCUT2D eigenvalue weighted by molar-refractivity contribution is 4.65. The Morgan fingerprint density at radius 1 is 0.812 bits per heavy atom. The Bertz CT molecular complexity index is 132. The first kappa shape index (κ1) is 15.9. The molecule has 0 heterocycles. The lowest BCUT2D eigenvalue weighted by molar-refractivity contribution is 0.186. The summed E-state index contributed by atoms with van der Waals surface area (Å²) >= 11 is 0. The fourth-order valence-electron chi connectivity index (χ4n) is 2.40. The van der Waals surface area contributed by atoms with Gasteiger partial charge in [0.25, 0.3) is 0 Å². The third-order valence-electron chi connectivity index (χ3n) is 3.53. The maximum absolute atomic E-state index is 6.12. The summed E-state index contributed by atoms with van der Waals surface area (Å²) in [5.74, 6) is 7.69. The zero-order chi connectivity index (χ0) is 12.4. The maximum Gasteiger partial charge on any atom is 0.0156 e. The van der Waals surface area contributed by atoms with E-state index in [1.54, 1.807) is 0 Å². The third kappa shape index (κ3) is 7.24. The lowest BCUT2D eigenvalue weighted by Crippen LogP contribution is -2.39. The number of nitrogens with two attached hydrogens (primary N) is 1. The van der Waals surface area contributed by atoms with Crippen molar-refractivity contribution in [3.8, 4) is 0 Å². The second kappa shape index (κ2) is 10.1. The highest BCUT2D eigenvalue weighted by Gasteiger charge is 2.13. The predicted octanol–water partition coefficient (Wildman–Crippen LogP) is 3.81. The molecule has 0 saturated heterocycles. The minimum absolute atomic E-state index is 0.786. The van der Waals surface area contributed by atoms with Gasteiger partial charge in [-0.15, -0.1) is 0 Å². The van der Waals surface area contributed by atoms with Gasteiger partial charge in [0.05, 0.1) is 0 Å². The number of hydrogen-bond donors (Lipinski definition) is 1. The van der Waals surface area contributed by atoms with Crippen molar-refractivity contribution < 1.29 is 0 Å². The quantitative estimate of drug-likeness (QED) is 0.455. The van der Waals surface area contributed by atoms with Crippen LogP contribution in [0.3, 0.4) is 0 Å². The molecule has 0 amide bonds. The van der Waals surface area contributed by atoms with Gasteiger partial charge in [0.15, 0.2) is 0 Å². The molecule has 0 aliphatic heterocycles. The van der Waals surface area contributed by atoms with Crippen molar-refractivity contribution in [2.24, 2.45) is 17.7 Å². The summed E-state index contributed by atoms with van der Waals surface area (Å²) in [6, 6.07) is 0. The van der Waals surface area contributed by atoms with Crippen molar-refractivity contribution >= 4 is 0 Å². The number of nitrogens with zero attached hydrogens (tertiary/aromatic N) is 1. The third-order valence-corrected chi connectivity index (χ3v) is 3.53. The summed E-state index contributed by atoms with van der Waals surface area (Å²) in [5, 5.41) is 2.06. The van der Waals surface area contributed by atoms with Crippen molar-refractivity contribution in [3.63, 3.8) is 0 Å². The monoisotopic (exact) mass is 228 g/mol. The molecule has 2 heteroatoms. The van der Waals surface area contributed by atoms with Crippen LogP contribution in [0.5, 0.6) is 0 Å². The molecular weight excluding hydrogens is 196 g/mol. The van der Waals surface area contributed by atoms with E-state index < -0.39 is 0 Å². The smallest absolute Gasteiger partial charge is 0.0156 e. The average Bonchev–Trinajstić information content (AvgIpc) is 2.27. The molecule has 2 atom stereocenters. The molecule has 0 aromatic heterocycles. The largest absolute Gasteiger partial charge is 0.269 e. The van der Waals surface area contributed by atoms with Gasteiger partial charge in [-0.1, -0.05) is 53.4 Å². The molecule has 2 unspecified atom stereocenters. The molecule has 2 nitrogen and oxygen atoms in total. The SMILES string of the molecule is CCCC(CC)CN(N)CC(CC)CCC. The Hall–Kier alpha value is -0.0800. The van der Waals surface area contributed by atoms with Gasteiger partial charge in [-0.3, -0.25) is 5.84 Å². The summed E-state index contributed by atoms with van der Waals surface area (Å²) in [4.78, 5) is 0. The van der Waals surface area contributed by atoms with Crippen LogP contribution in [0, 0.1) is 11.8 Å². The second-order valence-corrected chi connectivity index (χ2v) is 5.08. The molecule has 2 N–H and O–H groups in total. The van der Waals surface area contributed by atoms with Crippen LogP contribution < -0.4 is 5.84 Å². The van der Waals surface area contributed by atoms with E-state index in [1.165, 1.54) is 38.5 Å². The van der Waals surface area contributed by atoms with E-state index in [4.69, 9.17) is 5.84 Å². The Balaban J connectivity index is 3.88. The normalized spacial score (nSPS) is 15.4. The van der Waals surface area contributed by atoms with Crippen LogP contribution in [0.2, 0.25) is 0 Å². The highest BCUT2D eigenvalue weighted by atomic mass is 15.4. The molecule has 0 rings (SSSR count). The first-order valence-electron chi connectivity index (χ1n) is 7.17. The Morgan fingerprint density at radius 2 is 1.19 bits per heavy atom. The number of rotatable bonds is 10. The topological polar surface area (TPSA) is 29.3 Å². The lowest BCUT2D eigenvalue weighted by atomic mass is 9.98. The maximum atomic E-state index is 6.12. The predicted molar refractivity (Wildman–Crippen MR) is 73.1 cm³/mol. The van der Waals surface area contributed by atoms with Crippen molar-refractivity contribution in [2.75, 3.05) is 13.1 Å². The standard InChI is InChI=1S/C14H32N2/c1-5-9-13(7-3)11-16(15)12-14(8-4)10-6-2/h13-14H,5-12,15H2,1-4H3. The first-order valence-corrected chi connectivity index (χ1v) is 7.17. The molecule has 0 bridgehead atoms. The van der Waals surface area contributed by atoms with Gasteiger partial charge in [0, 0.05) is 13.1 Å². The highest BCUT2D eigenvalue weighted by Crippen LogP contribution is 2.15. The Labute approximate surface area is 103 Å². The fraction of sp³-hybridized carbons (Fsp3) is 1.00. The summed E-state index contributed by atoms with van der Waals surface area (Å²) in [6.45, 7) is 11.2. The molecule has 98 valence electrons. The summed E-state index contributed by atoms with van der Waals surface area (Å²) in [6.07, 6.45) is 7.69. The molecular formula is C14H32N2. The van der Waals surface area contributed by atoms with Gasteiger partial charge in [0.2, 0.25) is 0 Å². The van der Waals surface area contributed by atoms with E-state index in [-0.39, 0.29) is 0 Å². The molecule has 0 aliphatic rings. The van der Waals surface area contributed by atoms with E-state index in [9.17, 15) is 0 Å². The Morgan fingerprint density at radius 3 is 1.44 bits per heavy atom. The van der Waals surface area contributed by atoms with Gasteiger partial charge in [-0.2, -0.15) is 0 Å². The van der Waals surface area contributed by atoms with Crippen LogP contribution in [-0.2, 0) is 0 Å². The van der Waals surface area contributed by atoms with Crippen LogP contribution in [0.1, 0.15) is 66.2 Å². The zero-order valence-electron chi connectivity index (χ0n) is 11.8. The first-order chi connectivity index (χ1) is 7.67. The average molecular weight is 228 g/mol. The summed E-state index contributed by atoms with van der Waals surface area (Å²) in [7, 11) is 0. The molecule has 0 fully saturated rings. The van der Waals surface area contributed by atoms with E-state index in [2.05, 4.69) is 32.7 Å². The minimum Gasteiger partial charge on any atom is -0.269 e. The van der Waals surface area contributed by atoms with E-state index in [0.29, 0.717) is 0 Å². The zero-order valence-corrected chi connectivity index (χ0v) is 11.8. The van der Waals surface area contributed by atoms with Gasteiger partial charge in [0.1, 0.15) is 0 Å². The van der Waals surface area contributed by atoms with Crippen LogP contribution in [0.25, 0.3) is 0 Å². The van der Waals surface area contributed by atoms with Crippen molar-refractivity contribution in [1.82, 2.24) is 5.01 Å². The second-order valence-electron chi connectivity index (χ2n) is 5.08. The van der Waals surface area contributed by atoms with Gasteiger partial charge >= 0.3 is 0 Å². The number of hydrazine groups is 1. The summed E-state index contributed by atoms with van der Waals surface area (Å²) in [5.41, 5.74) is 0. The molecule has 0 aromatic carbocycles. The molecule has 0 spiro atoms. The van der Waals surface area contributed by atoms with Crippen molar-refractivity contribution in [3.05, 3.63) is 0 Å². The molecule has 0 saturated carbocycles. The fourth-order valence-corrected chi connectivity index (χ4v) is 2.40. The number of hydrogen-bond acceptors (Lipinski definition) is 2. The minimum atomic E-state index is 0.786. The summed E-state index contributed by atoms with van der Waals surface area (Å²) < 4.78 is 0. The van der Waals surface area contributed by atoms with Gasteiger partial charge in [-0.25, -0.2) is 5.01 Å². The molecule has 0 aromatic rings. The van der Waals surface area contributed by atoms with Crippen LogP contribution in [0.15, 0.2) is 0 Å². The van der Waals surface area contributed by atoms with Gasteiger partial charge in [-0.05, 0) is 24.7 Å². The van der Waals surface area contributed by atoms with Crippen molar-refractivity contribution in [1.29, 1.82) is 0 Å². The molecule has 16 heavy (non-hydrogen) atoms. The Kier molecular flexibility index (Phi) is 10.0. The van der Waals surface area contributed by atoms with E-state index >= 15 is 0 Å².